The Morgan fingerprint density at radius 3 is 1.18 bits per heavy atom. The molecule has 0 saturated heterocycles. The van der Waals surface area contributed by atoms with Crippen LogP contribution >= 0.6 is 0 Å². The maximum absolute atomic E-state index is 7.88. The summed E-state index contributed by atoms with van der Waals surface area (Å²) >= 11 is 0. The van der Waals surface area contributed by atoms with Crippen LogP contribution in [0.1, 0.15) is 13.3 Å². The molecule has 1 N–H and O–H groups in total. The van der Waals surface area contributed by atoms with Gasteiger partial charge in [-0.05, 0) is 6.42 Å². The first-order chi connectivity index (χ1) is 4.91. The molecule has 0 amide bonds. The van der Waals surface area contributed by atoms with Crippen LogP contribution in [0.2, 0.25) is 0 Å². The number of rotatable bonds is 1. The van der Waals surface area contributed by atoms with Crippen molar-refractivity contribution in [2.75, 3.05) is 6.61 Å². The first-order valence-electron chi connectivity index (χ1n) is 3.52. The van der Waals surface area contributed by atoms with Gasteiger partial charge in [0, 0.05) is 6.61 Å². The van der Waals surface area contributed by atoms with E-state index in [0.29, 0.717) is 6.61 Å². The minimum absolute atomic E-state index is 0. The van der Waals surface area contributed by atoms with Crippen LogP contribution in [0.5, 0.6) is 0 Å². The Morgan fingerprint density at radius 2 is 1.09 bits per heavy atom. The summed E-state index contributed by atoms with van der Waals surface area (Å²) in [5.74, 6) is 0. The summed E-state index contributed by atoms with van der Waals surface area (Å²) in [4.78, 5) is 0. The Morgan fingerprint density at radius 1 is 0.909 bits per heavy atom. The van der Waals surface area contributed by atoms with Gasteiger partial charge in [0.15, 0.2) is 0 Å². The molecule has 0 aliphatic heterocycles. The molecule has 0 radical (unpaired) electrons. The number of hydrogen-bond donors (Lipinski definition) is 1. The van der Waals surface area contributed by atoms with Crippen molar-refractivity contribution >= 4 is 29.6 Å². The van der Waals surface area contributed by atoms with E-state index in [1.54, 1.807) is 0 Å². The molecule has 11 heavy (non-hydrogen) atoms. The van der Waals surface area contributed by atoms with Gasteiger partial charge in [0.25, 0.3) is 0 Å². The molecule has 1 nitrogen and oxygen atoms in total. The Hall–Kier alpha value is 0.180. The molecule has 0 saturated carbocycles. The zero-order chi connectivity index (χ0) is 7.66. The van der Waals surface area contributed by atoms with Gasteiger partial charge in [-0.2, -0.15) is 0 Å². The van der Waals surface area contributed by atoms with Crippen molar-refractivity contribution < 1.29 is 5.11 Å². The van der Waals surface area contributed by atoms with Crippen LogP contribution in [0.15, 0.2) is 36.4 Å². The van der Waals surface area contributed by atoms with Crippen molar-refractivity contribution in [2.24, 2.45) is 0 Å². The summed E-state index contributed by atoms with van der Waals surface area (Å²) in [5, 5.41) is 7.88. The van der Waals surface area contributed by atoms with Gasteiger partial charge < -0.3 is 5.11 Å². The predicted octanol–water partition coefficient (Wildman–Crippen LogP) is 1.43. The molecule has 1 aromatic rings. The molecule has 0 aliphatic rings. The maximum atomic E-state index is 7.88. The molecule has 0 aromatic heterocycles. The molecule has 0 bridgehead atoms. The van der Waals surface area contributed by atoms with E-state index < -0.39 is 0 Å². The zero-order valence-electron chi connectivity index (χ0n) is 6.33. The van der Waals surface area contributed by atoms with E-state index in [-0.39, 0.29) is 29.6 Å². The van der Waals surface area contributed by atoms with Gasteiger partial charge in [-0.25, -0.2) is 0 Å². The SMILES string of the molecule is CCCO.[NaH].c1ccccc1. The van der Waals surface area contributed by atoms with Crippen molar-refractivity contribution in [3.63, 3.8) is 0 Å². The molecular weight excluding hydrogens is 147 g/mol. The summed E-state index contributed by atoms with van der Waals surface area (Å²) in [5.41, 5.74) is 0. The topological polar surface area (TPSA) is 20.2 Å². The number of aliphatic hydroxyl groups excluding tert-OH is 1. The monoisotopic (exact) mass is 162 g/mol. The fourth-order valence-corrected chi connectivity index (χ4v) is 0.385. The van der Waals surface area contributed by atoms with Crippen molar-refractivity contribution in [3.8, 4) is 0 Å². The van der Waals surface area contributed by atoms with E-state index in [2.05, 4.69) is 0 Å². The number of benzene rings is 1. The third-order valence-electron chi connectivity index (χ3n) is 0.890. The smallest absolute Gasteiger partial charge is 0.0623 e. The van der Waals surface area contributed by atoms with E-state index in [4.69, 9.17) is 5.11 Å². The Balaban J connectivity index is 0. The van der Waals surface area contributed by atoms with Gasteiger partial charge in [0.1, 0.15) is 0 Å². The van der Waals surface area contributed by atoms with Gasteiger partial charge in [0.2, 0.25) is 0 Å². The summed E-state index contributed by atoms with van der Waals surface area (Å²) in [6.07, 6.45) is 0.875. The van der Waals surface area contributed by atoms with Crippen LogP contribution in [-0.2, 0) is 0 Å². The van der Waals surface area contributed by atoms with Gasteiger partial charge in [0.05, 0.1) is 0 Å². The second-order valence-corrected chi connectivity index (χ2v) is 1.88. The summed E-state index contributed by atoms with van der Waals surface area (Å²) in [7, 11) is 0. The predicted molar refractivity (Wildman–Crippen MR) is 51.0 cm³/mol. The fourth-order valence-electron chi connectivity index (χ4n) is 0.385. The molecule has 0 unspecified atom stereocenters. The average Bonchev–Trinajstić information content (AvgIpc) is 2.08. The third kappa shape index (κ3) is 13.2. The Labute approximate surface area is 90.7 Å². The van der Waals surface area contributed by atoms with E-state index in [1.165, 1.54) is 0 Å². The van der Waals surface area contributed by atoms with Crippen molar-refractivity contribution in [1.29, 1.82) is 0 Å². The van der Waals surface area contributed by atoms with Gasteiger partial charge in [-0.3, -0.25) is 0 Å². The zero-order valence-corrected chi connectivity index (χ0v) is 6.33. The van der Waals surface area contributed by atoms with Crippen LogP contribution in [0.3, 0.4) is 0 Å². The first-order valence-corrected chi connectivity index (χ1v) is 3.52. The second kappa shape index (κ2) is 12.8. The van der Waals surface area contributed by atoms with Crippen LogP contribution in [-0.4, -0.2) is 41.3 Å². The summed E-state index contributed by atoms with van der Waals surface area (Å²) < 4.78 is 0. The fraction of sp³-hybridized carbons (Fsp3) is 0.333. The Kier molecular flexibility index (Phi) is 16.0. The molecule has 1 rings (SSSR count). The van der Waals surface area contributed by atoms with Crippen LogP contribution in [0.25, 0.3) is 0 Å². The number of aliphatic hydroxyl groups is 1. The molecule has 0 heterocycles. The second-order valence-electron chi connectivity index (χ2n) is 1.88. The summed E-state index contributed by atoms with van der Waals surface area (Å²) in [6.45, 7) is 2.25. The van der Waals surface area contributed by atoms with Crippen LogP contribution in [0.4, 0.5) is 0 Å². The van der Waals surface area contributed by atoms with E-state index >= 15 is 0 Å². The normalized spacial score (nSPS) is 7.09. The minimum Gasteiger partial charge on any atom is -0.0623 e. The average molecular weight is 162 g/mol. The molecule has 2 heteroatoms. The molecule has 0 aliphatic carbocycles. The van der Waals surface area contributed by atoms with Crippen molar-refractivity contribution in [3.05, 3.63) is 36.4 Å². The van der Waals surface area contributed by atoms with Crippen LogP contribution in [0, 0.1) is 0 Å². The standard InChI is InChI=1S/C6H6.C3H8O.Na.H/c1-2-4-6-5-3-1;1-2-3-4;;/h1-6H;4H,2-3H2,1H3;;. The quantitative estimate of drug-likeness (QED) is 0.619. The van der Waals surface area contributed by atoms with E-state index in [0.717, 1.165) is 6.42 Å². The minimum atomic E-state index is 0. The van der Waals surface area contributed by atoms with E-state index in [1.807, 2.05) is 43.3 Å². The van der Waals surface area contributed by atoms with Gasteiger partial charge in [-0.1, -0.05) is 43.3 Å². The molecule has 58 valence electrons. The number of hydrogen-bond acceptors (Lipinski definition) is 1. The molecule has 1 aromatic carbocycles. The van der Waals surface area contributed by atoms with Crippen molar-refractivity contribution in [1.82, 2.24) is 0 Å². The van der Waals surface area contributed by atoms with Gasteiger partial charge >= 0.3 is 29.6 Å². The van der Waals surface area contributed by atoms with Crippen molar-refractivity contribution in [2.45, 2.75) is 13.3 Å². The molecule has 0 atom stereocenters. The molecule has 0 spiro atoms. The Bertz CT molecular complexity index is 102. The largest absolute Gasteiger partial charge is 0.0623 e. The molecular formula is C9H15NaO. The van der Waals surface area contributed by atoms with Gasteiger partial charge in [-0.15, -0.1) is 0 Å². The summed E-state index contributed by atoms with van der Waals surface area (Å²) in [6, 6.07) is 12.0. The third-order valence-corrected chi connectivity index (χ3v) is 0.890. The van der Waals surface area contributed by atoms with Crippen LogP contribution < -0.4 is 0 Å². The van der Waals surface area contributed by atoms with E-state index in [9.17, 15) is 0 Å². The molecule has 0 fully saturated rings. The first kappa shape index (κ1) is 13.7. The maximum Gasteiger partial charge on any atom is -0.0623 e.